The highest BCUT2D eigenvalue weighted by atomic mass is 79.9. The van der Waals surface area contributed by atoms with Crippen LogP contribution in [0.15, 0.2) is 28.7 Å². The standard InChI is InChI=1S/C23H38BrNO/c1-3-5-7-9-11-15-19-25(20-16-12-10-8-6-4-2)23(26)21-17-13-14-18-22(21)24/h13-14,17-18H,3-12,15-16,19-20H2,1-2H3. The van der Waals surface area contributed by atoms with Gasteiger partial charge in [0.2, 0.25) is 0 Å². The highest BCUT2D eigenvalue weighted by molar-refractivity contribution is 9.10. The molecule has 0 fully saturated rings. The summed E-state index contributed by atoms with van der Waals surface area (Å²) in [6.45, 7) is 6.28. The van der Waals surface area contributed by atoms with Crippen LogP contribution in [-0.4, -0.2) is 23.9 Å². The SMILES string of the molecule is CCCCCCCCN(CCCCCCCC)C(=O)c1ccccc1Br. The molecule has 0 aromatic heterocycles. The Labute approximate surface area is 169 Å². The number of nitrogens with zero attached hydrogens (tertiary/aromatic N) is 1. The monoisotopic (exact) mass is 423 g/mol. The molecule has 0 aliphatic carbocycles. The van der Waals surface area contributed by atoms with Crippen molar-refractivity contribution in [3.05, 3.63) is 34.3 Å². The molecule has 148 valence electrons. The lowest BCUT2D eigenvalue weighted by atomic mass is 10.1. The normalized spacial score (nSPS) is 10.9. The largest absolute Gasteiger partial charge is 0.339 e. The summed E-state index contributed by atoms with van der Waals surface area (Å²) in [5, 5.41) is 0. The van der Waals surface area contributed by atoms with Gasteiger partial charge in [0.1, 0.15) is 0 Å². The lowest BCUT2D eigenvalue weighted by Crippen LogP contribution is -2.33. The van der Waals surface area contributed by atoms with E-state index in [-0.39, 0.29) is 5.91 Å². The Hall–Kier alpha value is -0.830. The predicted octanol–water partition coefficient (Wildman–Crippen LogP) is 7.61. The highest BCUT2D eigenvalue weighted by Gasteiger charge is 2.17. The summed E-state index contributed by atoms with van der Waals surface area (Å²) >= 11 is 3.54. The number of halogens is 1. The van der Waals surface area contributed by atoms with Crippen LogP contribution >= 0.6 is 15.9 Å². The molecular formula is C23H38BrNO. The number of carbonyl (C=O) groups is 1. The zero-order chi connectivity index (χ0) is 19.0. The van der Waals surface area contributed by atoms with Crippen LogP contribution in [0.4, 0.5) is 0 Å². The quantitative estimate of drug-likeness (QED) is 0.265. The van der Waals surface area contributed by atoms with E-state index >= 15 is 0 Å². The first kappa shape index (κ1) is 23.2. The van der Waals surface area contributed by atoms with Crippen LogP contribution in [0, 0.1) is 0 Å². The van der Waals surface area contributed by atoms with Crippen LogP contribution in [0.3, 0.4) is 0 Å². The van der Waals surface area contributed by atoms with Gasteiger partial charge >= 0.3 is 0 Å². The van der Waals surface area contributed by atoms with E-state index in [1.807, 2.05) is 24.3 Å². The van der Waals surface area contributed by atoms with Crippen LogP contribution in [0.5, 0.6) is 0 Å². The Morgan fingerprint density at radius 2 is 1.23 bits per heavy atom. The molecule has 0 unspecified atom stereocenters. The second-order valence-corrected chi connectivity index (χ2v) is 8.16. The van der Waals surface area contributed by atoms with Gasteiger partial charge in [-0.1, -0.05) is 90.2 Å². The smallest absolute Gasteiger partial charge is 0.254 e. The third-order valence-corrected chi connectivity index (χ3v) is 5.65. The molecule has 0 saturated carbocycles. The molecular weight excluding hydrogens is 386 g/mol. The molecule has 0 saturated heterocycles. The molecule has 1 aromatic rings. The fraction of sp³-hybridized carbons (Fsp3) is 0.696. The maximum Gasteiger partial charge on any atom is 0.254 e. The zero-order valence-corrected chi connectivity index (χ0v) is 18.5. The van der Waals surface area contributed by atoms with Gasteiger partial charge in [0.25, 0.3) is 5.91 Å². The second-order valence-electron chi connectivity index (χ2n) is 7.31. The molecule has 0 aliphatic heterocycles. The van der Waals surface area contributed by atoms with Gasteiger partial charge in [-0.2, -0.15) is 0 Å². The summed E-state index contributed by atoms with van der Waals surface area (Å²) in [5.41, 5.74) is 0.796. The molecule has 0 bridgehead atoms. The van der Waals surface area contributed by atoms with Crippen molar-refractivity contribution in [1.82, 2.24) is 4.90 Å². The summed E-state index contributed by atoms with van der Waals surface area (Å²) in [6.07, 6.45) is 15.2. The molecule has 0 spiro atoms. The topological polar surface area (TPSA) is 20.3 Å². The molecule has 0 atom stereocenters. The molecule has 2 nitrogen and oxygen atoms in total. The first-order valence-corrected chi connectivity index (χ1v) is 11.5. The van der Waals surface area contributed by atoms with Crippen molar-refractivity contribution in [2.45, 2.75) is 90.9 Å². The minimum absolute atomic E-state index is 0.180. The van der Waals surface area contributed by atoms with Crippen LogP contribution < -0.4 is 0 Å². The molecule has 0 radical (unpaired) electrons. The van der Waals surface area contributed by atoms with Crippen molar-refractivity contribution in [2.75, 3.05) is 13.1 Å². The number of carbonyl (C=O) groups excluding carboxylic acids is 1. The zero-order valence-electron chi connectivity index (χ0n) is 16.9. The van der Waals surface area contributed by atoms with E-state index < -0.39 is 0 Å². The molecule has 3 heteroatoms. The van der Waals surface area contributed by atoms with E-state index in [1.165, 1.54) is 64.2 Å². The molecule has 1 aromatic carbocycles. The van der Waals surface area contributed by atoms with Crippen molar-refractivity contribution in [2.24, 2.45) is 0 Å². The van der Waals surface area contributed by atoms with Gasteiger partial charge in [0.15, 0.2) is 0 Å². The Balaban J connectivity index is 2.49. The summed E-state index contributed by atoms with van der Waals surface area (Å²) in [4.78, 5) is 15.1. The average Bonchev–Trinajstić information content (AvgIpc) is 2.65. The van der Waals surface area contributed by atoms with Crippen molar-refractivity contribution >= 4 is 21.8 Å². The fourth-order valence-corrected chi connectivity index (χ4v) is 3.74. The van der Waals surface area contributed by atoms with Gasteiger partial charge in [-0.25, -0.2) is 0 Å². The number of hydrogen-bond donors (Lipinski definition) is 0. The van der Waals surface area contributed by atoms with E-state index in [0.29, 0.717) is 0 Å². The summed E-state index contributed by atoms with van der Waals surface area (Å²) < 4.78 is 0.904. The van der Waals surface area contributed by atoms with Crippen LogP contribution in [0.1, 0.15) is 101 Å². The van der Waals surface area contributed by atoms with Crippen molar-refractivity contribution in [3.8, 4) is 0 Å². The minimum Gasteiger partial charge on any atom is -0.339 e. The average molecular weight is 424 g/mol. The molecule has 0 N–H and O–H groups in total. The summed E-state index contributed by atoms with van der Waals surface area (Å²) in [6, 6.07) is 7.81. The first-order valence-electron chi connectivity index (χ1n) is 10.7. The Bertz CT molecular complexity index is 473. The van der Waals surface area contributed by atoms with Gasteiger partial charge in [0.05, 0.1) is 5.56 Å². The Morgan fingerprint density at radius 1 is 0.769 bits per heavy atom. The maximum atomic E-state index is 13.0. The van der Waals surface area contributed by atoms with Gasteiger partial charge in [-0.3, -0.25) is 4.79 Å². The maximum absolute atomic E-state index is 13.0. The number of hydrogen-bond acceptors (Lipinski definition) is 1. The highest BCUT2D eigenvalue weighted by Crippen LogP contribution is 2.19. The lowest BCUT2D eigenvalue weighted by Gasteiger charge is -2.23. The molecule has 0 heterocycles. The number of benzene rings is 1. The predicted molar refractivity (Wildman–Crippen MR) is 117 cm³/mol. The summed E-state index contributed by atoms with van der Waals surface area (Å²) in [7, 11) is 0. The fourth-order valence-electron chi connectivity index (χ4n) is 3.29. The van der Waals surface area contributed by atoms with Gasteiger partial charge in [0, 0.05) is 17.6 Å². The van der Waals surface area contributed by atoms with E-state index in [9.17, 15) is 4.79 Å². The van der Waals surface area contributed by atoms with Gasteiger partial charge in [-0.05, 0) is 40.9 Å². The van der Waals surface area contributed by atoms with E-state index in [4.69, 9.17) is 0 Å². The third kappa shape index (κ3) is 9.75. The van der Waals surface area contributed by atoms with Crippen molar-refractivity contribution in [1.29, 1.82) is 0 Å². The van der Waals surface area contributed by atoms with Crippen LogP contribution in [0.25, 0.3) is 0 Å². The van der Waals surface area contributed by atoms with Gasteiger partial charge in [-0.15, -0.1) is 0 Å². The molecule has 1 rings (SSSR count). The Morgan fingerprint density at radius 3 is 1.73 bits per heavy atom. The van der Waals surface area contributed by atoms with E-state index in [2.05, 4.69) is 34.7 Å². The van der Waals surface area contributed by atoms with Gasteiger partial charge < -0.3 is 4.90 Å². The molecule has 26 heavy (non-hydrogen) atoms. The van der Waals surface area contributed by atoms with E-state index in [1.54, 1.807) is 0 Å². The summed E-state index contributed by atoms with van der Waals surface area (Å²) in [5.74, 6) is 0.180. The number of unbranched alkanes of at least 4 members (excludes halogenated alkanes) is 10. The second kappa shape index (κ2) is 15.2. The first-order chi connectivity index (χ1) is 12.7. The third-order valence-electron chi connectivity index (χ3n) is 4.95. The van der Waals surface area contributed by atoms with E-state index in [0.717, 1.165) is 36.0 Å². The molecule has 1 amide bonds. The van der Waals surface area contributed by atoms with Crippen LogP contribution in [0.2, 0.25) is 0 Å². The number of rotatable bonds is 15. The minimum atomic E-state index is 0.180. The van der Waals surface area contributed by atoms with Crippen molar-refractivity contribution < 1.29 is 4.79 Å². The molecule has 0 aliphatic rings. The number of amides is 1. The lowest BCUT2D eigenvalue weighted by molar-refractivity contribution is 0.0748. The Kier molecular flexibility index (Phi) is 13.6. The van der Waals surface area contributed by atoms with Crippen LogP contribution in [-0.2, 0) is 0 Å². The van der Waals surface area contributed by atoms with Crippen molar-refractivity contribution in [3.63, 3.8) is 0 Å².